The van der Waals surface area contributed by atoms with Crippen molar-refractivity contribution < 1.29 is 4.79 Å². The molecule has 1 spiro atoms. The molecule has 2 aliphatic rings. The van der Waals surface area contributed by atoms with E-state index in [1.165, 1.54) is 18.4 Å². The lowest BCUT2D eigenvalue weighted by molar-refractivity contribution is -0.118. The topological polar surface area (TPSA) is 20.3 Å². The van der Waals surface area contributed by atoms with E-state index < -0.39 is 0 Å². The number of carbonyl (C=O) groups is 1. The Hall–Kier alpha value is -0.960. The van der Waals surface area contributed by atoms with Crippen molar-refractivity contribution in [3.8, 4) is 0 Å². The Morgan fingerprint density at radius 2 is 1.70 bits per heavy atom. The molecule has 0 unspecified atom stereocenters. The molecular formula is C20H29NOS. The summed E-state index contributed by atoms with van der Waals surface area (Å²) in [5, 5.41) is 0.0717. The van der Waals surface area contributed by atoms with E-state index in [2.05, 4.69) is 63.8 Å². The average Bonchev–Trinajstić information content (AvgIpc) is 2.71. The predicted octanol–water partition coefficient (Wildman–Crippen LogP) is 5.40. The highest BCUT2D eigenvalue weighted by atomic mass is 32.2. The van der Waals surface area contributed by atoms with Crippen LogP contribution in [0, 0.1) is 18.3 Å². The summed E-state index contributed by atoms with van der Waals surface area (Å²) in [5.74, 6) is 1.05. The molecule has 1 aromatic rings. The molecule has 1 heterocycles. The van der Waals surface area contributed by atoms with E-state index >= 15 is 0 Å². The molecule has 1 saturated carbocycles. The minimum atomic E-state index is -0.0203. The lowest BCUT2D eigenvalue weighted by Gasteiger charge is -2.45. The number of thioether (sulfide) groups is 1. The van der Waals surface area contributed by atoms with Gasteiger partial charge in [0.15, 0.2) is 0 Å². The first-order valence-corrected chi connectivity index (χ1v) is 9.69. The number of aryl methyl sites for hydroxylation is 1. The Morgan fingerprint density at radius 3 is 2.22 bits per heavy atom. The summed E-state index contributed by atoms with van der Waals surface area (Å²) >= 11 is 1.89. The lowest BCUT2D eigenvalue weighted by Crippen LogP contribution is -2.48. The Bertz CT molecular complexity index is 579. The molecule has 0 N–H and O–H groups in total. The van der Waals surface area contributed by atoms with E-state index in [0.29, 0.717) is 5.41 Å². The van der Waals surface area contributed by atoms with Gasteiger partial charge in [-0.25, -0.2) is 0 Å². The normalized spacial score (nSPS) is 31.9. The molecule has 3 rings (SSSR count). The van der Waals surface area contributed by atoms with E-state index in [4.69, 9.17) is 0 Å². The zero-order valence-electron chi connectivity index (χ0n) is 15.1. The van der Waals surface area contributed by atoms with Crippen LogP contribution in [0.4, 0.5) is 5.69 Å². The molecular weight excluding hydrogens is 302 g/mol. The van der Waals surface area contributed by atoms with E-state index in [0.717, 1.165) is 24.4 Å². The maximum absolute atomic E-state index is 12.8. The van der Waals surface area contributed by atoms with Gasteiger partial charge in [0.2, 0.25) is 5.91 Å². The van der Waals surface area contributed by atoms with Crippen LogP contribution in [0.25, 0.3) is 0 Å². The molecule has 1 amide bonds. The molecule has 2 fully saturated rings. The number of carbonyl (C=O) groups excluding carboxylic acids is 1. The third-order valence-corrected chi connectivity index (χ3v) is 7.24. The SMILES string of the molecule is Cc1ccc(N2C(=O)[C@@H](C)SC23CCC(C(C)(C)C)CC3)cc1. The Labute approximate surface area is 145 Å². The van der Waals surface area contributed by atoms with Crippen molar-refractivity contribution in [1.29, 1.82) is 0 Å². The first-order valence-electron chi connectivity index (χ1n) is 8.81. The summed E-state index contributed by atoms with van der Waals surface area (Å²) in [6.45, 7) is 11.2. The second-order valence-corrected chi connectivity index (χ2v) is 10.1. The van der Waals surface area contributed by atoms with Gasteiger partial charge in [0, 0.05) is 5.69 Å². The highest BCUT2D eigenvalue weighted by Gasteiger charge is 2.52. The third-order valence-electron chi connectivity index (χ3n) is 5.66. The number of hydrogen-bond acceptors (Lipinski definition) is 2. The van der Waals surface area contributed by atoms with Gasteiger partial charge in [-0.3, -0.25) is 9.69 Å². The largest absolute Gasteiger partial charge is 0.296 e. The Balaban J connectivity index is 1.88. The highest BCUT2D eigenvalue weighted by molar-refractivity contribution is 8.02. The van der Waals surface area contributed by atoms with Crippen LogP contribution in [0.1, 0.15) is 58.9 Å². The molecule has 1 aliphatic carbocycles. The summed E-state index contributed by atoms with van der Waals surface area (Å²) in [7, 11) is 0. The molecule has 1 aliphatic heterocycles. The summed E-state index contributed by atoms with van der Waals surface area (Å²) in [4.78, 5) is 15.0. The molecule has 0 radical (unpaired) electrons. The number of rotatable bonds is 1. The zero-order valence-corrected chi connectivity index (χ0v) is 15.9. The van der Waals surface area contributed by atoms with Gasteiger partial charge in [0.05, 0.1) is 10.1 Å². The van der Waals surface area contributed by atoms with Crippen LogP contribution in [-0.4, -0.2) is 16.0 Å². The molecule has 3 heteroatoms. The van der Waals surface area contributed by atoms with Crippen LogP contribution in [0.15, 0.2) is 24.3 Å². The zero-order chi connectivity index (χ0) is 16.8. The maximum Gasteiger partial charge on any atom is 0.241 e. The number of amides is 1. The lowest BCUT2D eigenvalue weighted by atomic mass is 9.71. The summed E-state index contributed by atoms with van der Waals surface area (Å²) in [6.07, 6.45) is 4.67. The van der Waals surface area contributed by atoms with Crippen molar-refractivity contribution in [1.82, 2.24) is 0 Å². The van der Waals surface area contributed by atoms with E-state index in [1.54, 1.807) is 0 Å². The molecule has 0 bridgehead atoms. The molecule has 1 atom stereocenters. The van der Waals surface area contributed by atoms with Gasteiger partial charge < -0.3 is 0 Å². The number of hydrogen-bond donors (Lipinski definition) is 0. The third kappa shape index (κ3) is 3.05. The van der Waals surface area contributed by atoms with Crippen molar-refractivity contribution in [2.24, 2.45) is 11.3 Å². The van der Waals surface area contributed by atoms with Crippen LogP contribution in [0.2, 0.25) is 0 Å². The fraction of sp³-hybridized carbons (Fsp3) is 0.650. The van der Waals surface area contributed by atoms with Crippen LogP contribution in [-0.2, 0) is 4.79 Å². The second kappa shape index (κ2) is 5.84. The number of benzene rings is 1. The van der Waals surface area contributed by atoms with E-state index in [-0.39, 0.29) is 16.0 Å². The summed E-state index contributed by atoms with van der Waals surface area (Å²) in [5.41, 5.74) is 2.69. The Morgan fingerprint density at radius 1 is 1.13 bits per heavy atom. The highest BCUT2D eigenvalue weighted by Crippen LogP contribution is 2.54. The maximum atomic E-state index is 12.8. The molecule has 1 saturated heterocycles. The summed E-state index contributed by atoms with van der Waals surface area (Å²) in [6, 6.07) is 8.46. The molecule has 2 nitrogen and oxygen atoms in total. The minimum Gasteiger partial charge on any atom is -0.296 e. The second-order valence-electron chi connectivity index (χ2n) is 8.36. The van der Waals surface area contributed by atoms with Crippen molar-refractivity contribution in [2.75, 3.05) is 4.90 Å². The summed E-state index contributed by atoms with van der Waals surface area (Å²) < 4.78 is 0. The monoisotopic (exact) mass is 331 g/mol. The van der Waals surface area contributed by atoms with Gasteiger partial charge >= 0.3 is 0 Å². The fourth-order valence-corrected chi connectivity index (χ4v) is 5.78. The van der Waals surface area contributed by atoms with Crippen molar-refractivity contribution >= 4 is 23.4 Å². The van der Waals surface area contributed by atoms with E-state index in [9.17, 15) is 4.79 Å². The fourth-order valence-electron chi connectivity index (χ4n) is 4.15. The van der Waals surface area contributed by atoms with Crippen molar-refractivity contribution in [3.63, 3.8) is 0 Å². The average molecular weight is 332 g/mol. The number of nitrogens with zero attached hydrogens (tertiary/aromatic N) is 1. The smallest absolute Gasteiger partial charge is 0.241 e. The first-order chi connectivity index (χ1) is 10.7. The van der Waals surface area contributed by atoms with Crippen molar-refractivity contribution in [3.05, 3.63) is 29.8 Å². The number of anilines is 1. The standard InChI is InChI=1S/C20H29NOS/c1-14-6-8-17(9-7-14)21-18(22)15(2)23-20(21)12-10-16(11-13-20)19(3,4)5/h6-9,15-16H,10-13H2,1-5H3/t15-,16?,20?/m1/s1. The molecule has 126 valence electrons. The first kappa shape index (κ1) is 16.9. The van der Waals surface area contributed by atoms with Crippen LogP contribution in [0.5, 0.6) is 0 Å². The Kier molecular flexibility index (Phi) is 4.29. The van der Waals surface area contributed by atoms with Gasteiger partial charge in [-0.1, -0.05) is 38.5 Å². The molecule has 1 aromatic carbocycles. The predicted molar refractivity (Wildman–Crippen MR) is 99.9 cm³/mol. The van der Waals surface area contributed by atoms with Gasteiger partial charge in [-0.2, -0.15) is 0 Å². The minimum absolute atomic E-state index is 0.0203. The van der Waals surface area contributed by atoms with Gasteiger partial charge in [0.25, 0.3) is 0 Å². The van der Waals surface area contributed by atoms with E-state index in [1.807, 2.05) is 11.8 Å². The van der Waals surface area contributed by atoms with Crippen LogP contribution < -0.4 is 4.90 Å². The molecule has 0 aromatic heterocycles. The quantitative estimate of drug-likeness (QED) is 0.687. The van der Waals surface area contributed by atoms with Crippen molar-refractivity contribution in [2.45, 2.75) is 70.4 Å². The van der Waals surface area contributed by atoms with Gasteiger partial charge in [0.1, 0.15) is 0 Å². The van der Waals surface area contributed by atoms with Crippen LogP contribution >= 0.6 is 11.8 Å². The molecule has 23 heavy (non-hydrogen) atoms. The van der Waals surface area contributed by atoms with Crippen LogP contribution in [0.3, 0.4) is 0 Å². The van der Waals surface area contributed by atoms with Gasteiger partial charge in [-0.15, -0.1) is 11.8 Å². The van der Waals surface area contributed by atoms with Gasteiger partial charge in [-0.05, 0) is 63.0 Å².